The van der Waals surface area contributed by atoms with E-state index in [0.29, 0.717) is 21.8 Å². The van der Waals surface area contributed by atoms with Crippen LogP contribution in [0.1, 0.15) is 39.0 Å². The first-order chi connectivity index (χ1) is 12.0. The van der Waals surface area contributed by atoms with Crippen LogP contribution in [0.2, 0.25) is 10.0 Å². The molecule has 3 rings (SSSR count). The Morgan fingerprint density at radius 3 is 2.62 bits per heavy atom. The van der Waals surface area contributed by atoms with Gasteiger partial charge in [0.1, 0.15) is 6.17 Å². The number of anilines is 1. The zero-order valence-corrected chi connectivity index (χ0v) is 18.1. The van der Waals surface area contributed by atoms with Crippen molar-refractivity contribution in [1.82, 2.24) is 4.90 Å². The van der Waals surface area contributed by atoms with Crippen LogP contribution >= 0.6 is 47.4 Å². The molecular weight excluding hydrogens is 413 g/mol. The van der Waals surface area contributed by atoms with Crippen molar-refractivity contribution in [2.24, 2.45) is 4.99 Å². The molecule has 0 radical (unpaired) electrons. The minimum absolute atomic E-state index is 0. The summed E-state index contributed by atoms with van der Waals surface area (Å²) in [7, 11) is 2.00. The number of amides is 1. The summed E-state index contributed by atoms with van der Waals surface area (Å²) in [5.74, 6) is 0.713. The van der Waals surface area contributed by atoms with Crippen LogP contribution in [-0.4, -0.2) is 41.0 Å². The lowest BCUT2D eigenvalue weighted by atomic mass is 9.96. The van der Waals surface area contributed by atoms with Crippen molar-refractivity contribution >= 4 is 64.1 Å². The summed E-state index contributed by atoms with van der Waals surface area (Å²) in [5.41, 5.74) is 0.651. The van der Waals surface area contributed by atoms with Gasteiger partial charge in [-0.2, -0.15) is 0 Å². The number of carbonyl (C=O) groups excluding carboxylic acids is 1. The van der Waals surface area contributed by atoms with Gasteiger partial charge >= 0.3 is 0 Å². The number of thioether (sulfide) groups is 1. The molecule has 2 fully saturated rings. The summed E-state index contributed by atoms with van der Waals surface area (Å²) in [6, 6.07) is 5.80. The molecule has 144 valence electrons. The van der Waals surface area contributed by atoms with Crippen LogP contribution in [0, 0.1) is 0 Å². The normalized spacial score (nSPS) is 22.4. The number of nitrogens with zero attached hydrogens (tertiary/aromatic N) is 3. The molecule has 1 atom stereocenters. The van der Waals surface area contributed by atoms with Crippen molar-refractivity contribution in [3.63, 3.8) is 0 Å². The molecule has 26 heavy (non-hydrogen) atoms. The van der Waals surface area contributed by atoms with Gasteiger partial charge in [-0.3, -0.25) is 14.7 Å². The molecule has 1 amide bonds. The molecule has 8 heteroatoms. The molecule has 4 nitrogen and oxygen atoms in total. The average molecular weight is 437 g/mol. The Balaban J connectivity index is 0.00000243. The molecule has 1 saturated heterocycles. The summed E-state index contributed by atoms with van der Waals surface area (Å²) in [4.78, 5) is 21.2. The Labute approximate surface area is 175 Å². The number of rotatable bonds is 3. The highest BCUT2D eigenvalue weighted by molar-refractivity contribution is 8.14. The van der Waals surface area contributed by atoms with Crippen LogP contribution in [0.15, 0.2) is 23.2 Å². The van der Waals surface area contributed by atoms with Gasteiger partial charge in [-0.25, -0.2) is 0 Å². The van der Waals surface area contributed by atoms with Gasteiger partial charge in [-0.05, 0) is 25.0 Å². The fraction of sp³-hybridized carbons (Fsp3) is 0.556. The summed E-state index contributed by atoms with van der Waals surface area (Å²) in [6.45, 7) is 1.56. The molecule has 0 aromatic heterocycles. The maximum absolute atomic E-state index is 12.4. The fourth-order valence-electron chi connectivity index (χ4n) is 3.45. The van der Waals surface area contributed by atoms with Crippen LogP contribution < -0.4 is 4.90 Å². The third kappa shape index (κ3) is 4.61. The van der Waals surface area contributed by atoms with E-state index in [1.807, 2.05) is 19.2 Å². The quantitative estimate of drug-likeness (QED) is 0.631. The van der Waals surface area contributed by atoms with Gasteiger partial charge in [0, 0.05) is 19.7 Å². The first-order valence-electron chi connectivity index (χ1n) is 8.66. The van der Waals surface area contributed by atoms with Crippen LogP contribution in [-0.2, 0) is 4.79 Å². The van der Waals surface area contributed by atoms with Gasteiger partial charge < -0.3 is 4.90 Å². The van der Waals surface area contributed by atoms with Crippen LogP contribution in [0.4, 0.5) is 5.69 Å². The number of benzene rings is 1. The highest BCUT2D eigenvalue weighted by Crippen LogP contribution is 2.37. The lowest BCUT2D eigenvalue weighted by Gasteiger charge is -2.33. The topological polar surface area (TPSA) is 35.9 Å². The standard InChI is InChI=1S/C18H23Cl2N3OS.ClH/c1-12(24)23(15-10-6-9-14(19)17(15)20)16-11-25-18(22(16)2)21-13-7-4-3-5-8-13;/h6,9-10,13,16H,3-5,7-8,11H2,1-2H3;1H. The Morgan fingerprint density at radius 1 is 1.27 bits per heavy atom. The van der Waals surface area contributed by atoms with Gasteiger partial charge in [-0.1, -0.05) is 60.3 Å². The molecule has 1 heterocycles. The molecule has 1 aromatic carbocycles. The van der Waals surface area contributed by atoms with E-state index in [4.69, 9.17) is 28.2 Å². The van der Waals surface area contributed by atoms with Gasteiger partial charge in [-0.15, -0.1) is 12.4 Å². The molecule has 1 aliphatic heterocycles. The number of hydrogen-bond donors (Lipinski definition) is 0. The number of amidine groups is 1. The van der Waals surface area contributed by atoms with Gasteiger partial charge in [0.2, 0.25) is 5.91 Å². The maximum atomic E-state index is 12.4. The van der Waals surface area contributed by atoms with Crippen LogP contribution in [0.3, 0.4) is 0 Å². The summed E-state index contributed by atoms with van der Waals surface area (Å²) >= 11 is 14.2. The zero-order chi connectivity index (χ0) is 18.0. The van der Waals surface area contributed by atoms with E-state index in [0.717, 1.165) is 10.9 Å². The Morgan fingerprint density at radius 2 is 1.96 bits per heavy atom. The number of carbonyl (C=O) groups is 1. The van der Waals surface area contributed by atoms with Crippen molar-refractivity contribution in [2.75, 3.05) is 17.7 Å². The SMILES string of the molecule is CC(=O)N(c1cccc(Cl)c1Cl)C1CSC(=NC2CCCCC2)N1C.Cl. The van der Waals surface area contributed by atoms with E-state index in [-0.39, 0.29) is 24.5 Å². The first kappa shape index (κ1) is 21.7. The predicted octanol–water partition coefficient (Wildman–Crippen LogP) is 5.46. The lowest BCUT2D eigenvalue weighted by Crippen LogP contribution is -2.48. The third-order valence-corrected chi connectivity index (χ3v) is 6.73. The van der Waals surface area contributed by atoms with Crippen molar-refractivity contribution in [2.45, 2.75) is 51.2 Å². The minimum Gasteiger partial charge on any atom is -0.333 e. The first-order valence-corrected chi connectivity index (χ1v) is 10.4. The number of hydrogen-bond acceptors (Lipinski definition) is 3. The maximum Gasteiger partial charge on any atom is 0.225 e. The van der Waals surface area contributed by atoms with E-state index in [9.17, 15) is 4.79 Å². The van der Waals surface area contributed by atoms with Crippen molar-refractivity contribution < 1.29 is 4.79 Å². The fourth-order valence-corrected chi connectivity index (χ4v) is 5.06. The smallest absolute Gasteiger partial charge is 0.225 e. The van der Waals surface area contributed by atoms with E-state index >= 15 is 0 Å². The monoisotopic (exact) mass is 435 g/mol. The summed E-state index contributed by atoms with van der Waals surface area (Å²) in [5, 5.41) is 1.88. The lowest BCUT2D eigenvalue weighted by molar-refractivity contribution is -0.117. The summed E-state index contributed by atoms with van der Waals surface area (Å²) < 4.78 is 0. The Bertz CT molecular complexity index is 680. The van der Waals surface area contributed by atoms with E-state index < -0.39 is 0 Å². The molecule has 1 saturated carbocycles. The summed E-state index contributed by atoms with van der Waals surface area (Å²) in [6.07, 6.45) is 6.06. The highest BCUT2D eigenvalue weighted by Gasteiger charge is 2.36. The van der Waals surface area contributed by atoms with Crippen LogP contribution in [0.5, 0.6) is 0 Å². The average Bonchev–Trinajstić information content (AvgIpc) is 2.93. The van der Waals surface area contributed by atoms with Gasteiger partial charge in [0.15, 0.2) is 5.17 Å². The van der Waals surface area contributed by atoms with E-state index in [2.05, 4.69) is 4.90 Å². The highest BCUT2D eigenvalue weighted by atomic mass is 35.5. The second kappa shape index (κ2) is 9.54. The molecular formula is C18H24Cl3N3OS. The second-order valence-corrected chi connectivity index (χ2v) is 8.34. The second-order valence-electron chi connectivity index (χ2n) is 6.57. The molecule has 1 aliphatic carbocycles. The molecule has 0 N–H and O–H groups in total. The number of halogens is 3. The molecule has 2 aliphatic rings. The molecule has 1 unspecified atom stereocenters. The van der Waals surface area contributed by atoms with Crippen molar-refractivity contribution in [3.8, 4) is 0 Å². The van der Waals surface area contributed by atoms with Crippen molar-refractivity contribution in [3.05, 3.63) is 28.2 Å². The van der Waals surface area contributed by atoms with E-state index in [1.54, 1.807) is 29.7 Å². The van der Waals surface area contributed by atoms with Crippen molar-refractivity contribution in [1.29, 1.82) is 0 Å². The zero-order valence-electron chi connectivity index (χ0n) is 15.0. The predicted molar refractivity (Wildman–Crippen MR) is 115 cm³/mol. The number of aliphatic imine (C=N–C) groups is 1. The van der Waals surface area contributed by atoms with Gasteiger partial charge in [0.25, 0.3) is 0 Å². The van der Waals surface area contributed by atoms with Crippen LogP contribution in [0.25, 0.3) is 0 Å². The van der Waals surface area contributed by atoms with E-state index in [1.165, 1.54) is 32.1 Å². The molecule has 0 bridgehead atoms. The molecule has 0 spiro atoms. The Kier molecular flexibility index (Phi) is 7.95. The minimum atomic E-state index is -0.110. The third-order valence-electron chi connectivity index (χ3n) is 4.81. The Hall–Kier alpha value is -0.620. The van der Waals surface area contributed by atoms with Gasteiger partial charge in [0.05, 0.1) is 21.8 Å². The molecule has 1 aromatic rings. The largest absolute Gasteiger partial charge is 0.333 e.